The van der Waals surface area contributed by atoms with Gasteiger partial charge in [0.2, 0.25) is 5.91 Å². The first-order valence-electron chi connectivity index (χ1n) is 5.79. The van der Waals surface area contributed by atoms with E-state index in [-0.39, 0.29) is 18.0 Å². The van der Waals surface area contributed by atoms with Crippen molar-refractivity contribution in [1.29, 1.82) is 0 Å². The van der Waals surface area contributed by atoms with Crippen molar-refractivity contribution in [3.63, 3.8) is 0 Å². The third kappa shape index (κ3) is 2.15. The van der Waals surface area contributed by atoms with Gasteiger partial charge < -0.3 is 15.3 Å². The van der Waals surface area contributed by atoms with E-state index in [2.05, 4.69) is 10.4 Å². The molecule has 1 aliphatic heterocycles. The van der Waals surface area contributed by atoms with Crippen LogP contribution in [-0.4, -0.2) is 46.4 Å². The number of carboxylic acids is 1. The van der Waals surface area contributed by atoms with Gasteiger partial charge in [-0.3, -0.25) is 9.48 Å². The summed E-state index contributed by atoms with van der Waals surface area (Å²) in [6.45, 7) is 3.08. The second-order valence-electron chi connectivity index (χ2n) is 4.34. The zero-order valence-corrected chi connectivity index (χ0v) is 10.4. The highest BCUT2D eigenvalue weighted by Gasteiger charge is 2.26. The maximum atomic E-state index is 11.5. The molecule has 0 bridgehead atoms. The highest BCUT2D eigenvalue weighted by atomic mass is 16.4. The molecule has 1 saturated heterocycles. The summed E-state index contributed by atoms with van der Waals surface area (Å²) in [6, 6.07) is 0. The van der Waals surface area contributed by atoms with Crippen molar-refractivity contribution in [2.24, 2.45) is 7.05 Å². The quantitative estimate of drug-likeness (QED) is 0.758. The van der Waals surface area contributed by atoms with Crippen molar-refractivity contribution in [1.82, 2.24) is 15.1 Å². The van der Waals surface area contributed by atoms with E-state index >= 15 is 0 Å². The highest BCUT2D eigenvalue weighted by Crippen LogP contribution is 2.23. The Balaban J connectivity index is 2.42. The number of anilines is 1. The summed E-state index contributed by atoms with van der Waals surface area (Å²) in [4.78, 5) is 24.6. The van der Waals surface area contributed by atoms with E-state index in [0.29, 0.717) is 24.6 Å². The minimum absolute atomic E-state index is 0.0947. The van der Waals surface area contributed by atoms with Crippen molar-refractivity contribution in [3.05, 3.63) is 11.3 Å². The van der Waals surface area contributed by atoms with Crippen LogP contribution in [0, 0.1) is 6.92 Å². The third-order valence-corrected chi connectivity index (χ3v) is 2.97. The molecule has 0 unspecified atom stereocenters. The normalized spacial score (nSPS) is 16.3. The van der Waals surface area contributed by atoms with Gasteiger partial charge in [0.1, 0.15) is 11.4 Å². The second-order valence-corrected chi connectivity index (χ2v) is 4.34. The van der Waals surface area contributed by atoms with Crippen molar-refractivity contribution in [3.8, 4) is 0 Å². The van der Waals surface area contributed by atoms with Crippen LogP contribution in [0.5, 0.6) is 0 Å². The molecule has 1 fully saturated rings. The number of rotatable bonds is 2. The molecular formula is C11H16N4O3. The molecule has 0 atom stereocenters. The first-order chi connectivity index (χ1) is 8.50. The summed E-state index contributed by atoms with van der Waals surface area (Å²) in [5.74, 6) is -0.611. The first-order valence-corrected chi connectivity index (χ1v) is 5.79. The van der Waals surface area contributed by atoms with Gasteiger partial charge in [0, 0.05) is 20.1 Å². The largest absolute Gasteiger partial charge is 0.477 e. The van der Waals surface area contributed by atoms with Crippen LogP contribution in [0.2, 0.25) is 0 Å². The molecule has 1 amide bonds. The number of nitrogens with zero attached hydrogens (tertiary/aromatic N) is 3. The Hall–Kier alpha value is -2.05. The van der Waals surface area contributed by atoms with Gasteiger partial charge in [0.25, 0.3) is 0 Å². The molecule has 1 aromatic rings. The Bertz CT molecular complexity index is 495. The van der Waals surface area contributed by atoms with E-state index in [1.807, 2.05) is 0 Å². The fourth-order valence-corrected chi connectivity index (χ4v) is 2.25. The highest BCUT2D eigenvalue weighted by molar-refractivity contribution is 5.95. The molecule has 0 aromatic carbocycles. The maximum Gasteiger partial charge on any atom is 0.341 e. The predicted octanol–water partition coefficient (Wildman–Crippen LogP) is -0.247. The number of carboxylic acid groups (broad SMARTS) is 1. The Morgan fingerprint density at radius 3 is 2.89 bits per heavy atom. The molecular weight excluding hydrogens is 236 g/mol. The molecule has 18 heavy (non-hydrogen) atoms. The fraction of sp³-hybridized carbons (Fsp3) is 0.545. The van der Waals surface area contributed by atoms with Crippen LogP contribution in [0.1, 0.15) is 22.5 Å². The number of aromatic carboxylic acids is 1. The van der Waals surface area contributed by atoms with Crippen LogP contribution < -0.4 is 10.2 Å². The van der Waals surface area contributed by atoms with E-state index in [4.69, 9.17) is 0 Å². The van der Waals surface area contributed by atoms with E-state index in [1.165, 1.54) is 4.68 Å². The molecule has 0 saturated carbocycles. The van der Waals surface area contributed by atoms with Gasteiger partial charge in [0.05, 0.1) is 12.2 Å². The lowest BCUT2D eigenvalue weighted by molar-refractivity contribution is -0.119. The van der Waals surface area contributed by atoms with Crippen molar-refractivity contribution in [2.45, 2.75) is 13.3 Å². The van der Waals surface area contributed by atoms with E-state index < -0.39 is 5.97 Å². The molecule has 0 radical (unpaired) electrons. The predicted molar refractivity (Wildman–Crippen MR) is 64.7 cm³/mol. The smallest absolute Gasteiger partial charge is 0.341 e. The van der Waals surface area contributed by atoms with Gasteiger partial charge in [-0.25, -0.2) is 4.79 Å². The van der Waals surface area contributed by atoms with Crippen LogP contribution in [-0.2, 0) is 11.8 Å². The summed E-state index contributed by atoms with van der Waals surface area (Å²) in [6.07, 6.45) is 0.787. The molecule has 2 heterocycles. The lowest BCUT2D eigenvalue weighted by Crippen LogP contribution is -2.34. The summed E-state index contributed by atoms with van der Waals surface area (Å²) in [7, 11) is 1.69. The van der Waals surface area contributed by atoms with Gasteiger partial charge in [-0.1, -0.05) is 0 Å². The standard InChI is InChI=1S/C11H16N4O3/c1-7-9(11(17)18)10(14(2)13-7)15-5-3-4-12-8(16)6-15/h3-6H2,1-2H3,(H,12,16)(H,17,18). The number of hydrogen-bond donors (Lipinski definition) is 2. The topological polar surface area (TPSA) is 87.5 Å². The van der Waals surface area contributed by atoms with E-state index in [9.17, 15) is 14.7 Å². The average molecular weight is 252 g/mol. The second kappa shape index (κ2) is 4.67. The number of aromatic nitrogens is 2. The molecule has 0 aliphatic carbocycles. The average Bonchev–Trinajstić information content (AvgIpc) is 2.46. The number of hydrogen-bond acceptors (Lipinski definition) is 4. The molecule has 7 nitrogen and oxygen atoms in total. The molecule has 1 aromatic heterocycles. The lowest BCUT2D eigenvalue weighted by Gasteiger charge is -2.21. The number of aryl methyl sites for hydroxylation is 2. The summed E-state index contributed by atoms with van der Waals surface area (Å²) in [5.41, 5.74) is 0.636. The maximum absolute atomic E-state index is 11.5. The molecule has 1 aliphatic rings. The van der Waals surface area contributed by atoms with Crippen molar-refractivity contribution < 1.29 is 14.7 Å². The van der Waals surface area contributed by atoms with Crippen LogP contribution in [0.3, 0.4) is 0 Å². The van der Waals surface area contributed by atoms with Gasteiger partial charge in [-0.05, 0) is 13.3 Å². The van der Waals surface area contributed by atoms with Crippen LogP contribution in [0.15, 0.2) is 0 Å². The van der Waals surface area contributed by atoms with Crippen LogP contribution >= 0.6 is 0 Å². The Morgan fingerprint density at radius 2 is 2.22 bits per heavy atom. The number of amides is 1. The number of carbonyl (C=O) groups is 2. The monoisotopic (exact) mass is 252 g/mol. The minimum Gasteiger partial charge on any atom is -0.477 e. The van der Waals surface area contributed by atoms with Crippen LogP contribution in [0.25, 0.3) is 0 Å². The molecule has 2 rings (SSSR count). The SMILES string of the molecule is Cc1nn(C)c(N2CCCNC(=O)C2)c1C(=O)O. The summed E-state index contributed by atoms with van der Waals surface area (Å²) in [5, 5.41) is 16.1. The Morgan fingerprint density at radius 1 is 1.50 bits per heavy atom. The molecule has 98 valence electrons. The van der Waals surface area contributed by atoms with Gasteiger partial charge >= 0.3 is 5.97 Å². The molecule has 0 spiro atoms. The van der Waals surface area contributed by atoms with Gasteiger partial charge in [-0.15, -0.1) is 0 Å². The van der Waals surface area contributed by atoms with E-state index in [1.54, 1.807) is 18.9 Å². The Kier molecular flexibility index (Phi) is 3.22. The van der Waals surface area contributed by atoms with Gasteiger partial charge in [0.15, 0.2) is 0 Å². The van der Waals surface area contributed by atoms with Crippen molar-refractivity contribution >= 4 is 17.7 Å². The lowest BCUT2D eigenvalue weighted by atomic mass is 10.2. The zero-order chi connectivity index (χ0) is 13.3. The minimum atomic E-state index is -1.01. The molecule has 7 heteroatoms. The first kappa shape index (κ1) is 12.4. The van der Waals surface area contributed by atoms with Gasteiger partial charge in [-0.2, -0.15) is 5.10 Å². The number of nitrogens with one attached hydrogen (secondary N) is 1. The Labute approximate surface area is 104 Å². The summed E-state index contributed by atoms with van der Waals surface area (Å²) >= 11 is 0. The van der Waals surface area contributed by atoms with E-state index in [0.717, 1.165) is 6.42 Å². The van der Waals surface area contributed by atoms with Crippen LogP contribution in [0.4, 0.5) is 5.82 Å². The third-order valence-electron chi connectivity index (χ3n) is 2.97. The fourth-order valence-electron chi connectivity index (χ4n) is 2.25. The number of carbonyl (C=O) groups excluding carboxylic acids is 1. The van der Waals surface area contributed by atoms with Crippen molar-refractivity contribution in [2.75, 3.05) is 24.5 Å². The summed E-state index contributed by atoms with van der Waals surface area (Å²) < 4.78 is 1.53. The molecule has 2 N–H and O–H groups in total. The zero-order valence-electron chi connectivity index (χ0n) is 10.4.